The maximum absolute atomic E-state index is 12.4. The van der Waals surface area contributed by atoms with Gasteiger partial charge in [0.25, 0.3) is 5.91 Å². The zero-order chi connectivity index (χ0) is 18.6. The minimum Gasteiger partial charge on any atom is -0.464 e. The van der Waals surface area contributed by atoms with E-state index >= 15 is 0 Å². The molecule has 2 amide bonds. The second-order valence-electron chi connectivity index (χ2n) is 5.99. The summed E-state index contributed by atoms with van der Waals surface area (Å²) in [6.45, 7) is 7.30. The van der Waals surface area contributed by atoms with E-state index in [0.717, 1.165) is 11.1 Å². The molecule has 0 radical (unpaired) electrons. The molecule has 0 saturated heterocycles. The van der Waals surface area contributed by atoms with Crippen LogP contribution in [0.3, 0.4) is 0 Å². The van der Waals surface area contributed by atoms with Crippen LogP contribution in [0.4, 0.5) is 5.69 Å². The molecule has 0 bridgehead atoms. The Kier molecular flexibility index (Phi) is 5.90. The highest BCUT2D eigenvalue weighted by atomic mass is 16.5. The van der Waals surface area contributed by atoms with E-state index in [4.69, 9.17) is 4.74 Å². The Morgan fingerprint density at radius 2 is 2.04 bits per heavy atom. The second kappa shape index (κ2) is 7.92. The molecule has 1 heterocycles. The number of ether oxygens (including phenoxy) is 1. The fourth-order valence-corrected chi connectivity index (χ4v) is 2.46. The molecule has 0 fully saturated rings. The molecule has 1 aromatic carbocycles. The third-order valence-electron chi connectivity index (χ3n) is 3.88. The minimum absolute atomic E-state index is 0.163. The maximum Gasteiger partial charge on any atom is 0.328 e. The van der Waals surface area contributed by atoms with Crippen molar-refractivity contribution in [2.75, 3.05) is 11.6 Å². The number of carbonyl (C=O) groups excluding carboxylic acids is 3. The quantitative estimate of drug-likeness (QED) is 0.825. The van der Waals surface area contributed by atoms with E-state index in [1.165, 1.54) is 5.01 Å². The summed E-state index contributed by atoms with van der Waals surface area (Å²) in [6, 6.07) is 4.94. The number of hydrogen-bond acceptors (Lipinski definition) is 5. The van der Waals surface area contributed by atoms with E-state index in [-0.39, 0.29) is 31.1 Å². The number of rotatable bonds is 5. The summed E-state index contributed by atoms with van der Waals surface area (Å²) in [6.07, 6.45) is 0.426. The minimum atomic E-state index is -0.776. The summed E-state index contributed by atoms with van der Waals surface area (Å²) in [5, 5.41) is 8.07. The number of hydrogen-bond donors (Lipinski definition) is 1. The zero-order valence-corrected chi connectivity index (χ0v) is 15.0. The van der Waals surface area contributed by atoms with Gasteiger partial charge in [0.1, 0.15) is 11.8 Å². The van der Waals surface area contributed by atoms with E-state index in [0.29, 0.717) is 5.69 Å². The maximum atomic E-state index is 12.4. The van der Waals surface area contributed by atoms with Gasteiger partial charge in [-0.05, 0) is 44.9 Å². The van der Waals surface area contributed by atoms with Crippen LogP contribution < -0.4 is 10.3 Å². The molecule has 0 saturated carbocycles. The molecule has 1 N–H and O–H groups in total. The predicted octanol–water partition coefficient (Wildman–Crippen LogP) is 1.85. The van der Waals surface area contributed by atoms with E-state index < -0.39 is 17.9 Å². The first-order valence-electron chi connectivity index (χ1n) is 8.28. The van der Waals surface area contributed by atoms with Crippen LogP contribution >= 0.6 is 0 Å². The molecule has 7 nitrogen and oxygen atoms in total. The third-order valence-corrected chi connectivity index (χ3v) is 3.88. The highest BCUT2D eigenvalue weighted by Crippen LogP contribution is 2.25. The Morgan fingerprint density at radius 3 is 2.72 bits per heavy atom. The van der Waals surface area contributed by atoms with Gasteiger partial charge in [0.15, 0.2) is 0 Å². The first-order valence-corrected chi connectivity index (χ1v) is 8.28. The molecular formula is C18H23N3O4. The van der Waals surface area contributed by atoms with Crippen LogP contribution in [0.1, 0.15) is 37.8 Å². The number of anilines is 1. The summed E-state index contributed by atoms with van der Waals surface area (Å²) in [7, 11) is 0. The normalized spacial score (nSPS) is 15.4. The Hall–Kier alpha value is -2.70. The standard InChI is InChI=1S/C18H23N3O4/c1-5-25-18(24)13(4)19-17(23)14-8-9-16(22)21(20-14)15-10-11(2)6-7-12(15)3/h6-7,10,13H,5,8-9H2,1-4H3,(H,19,23)/t13-/m1/s1. The van der Waals surface area contributed by atoms with Crippen molar-refractivity contribution in [1.82, 2.24) is 5.32 Å². The zero-order valence-electron chi connectivity index (χ0n) is 15.0. The van der Waals surface area contributed by atoms with Gasteiger partial charge in [-0.1, -0.05) is 12.1 Å². The summed E-state index contributed by atoms with van der Waals surface area (Å²) < 4.78 is 4.87. The monoisotopic (exact) mass is 345 g/mol. The Labute approximate surface area is 147 Å². The number of amides is 2. The van der Waals surface area contributed by atoms with Crippen LogP contribution in [0.5, 0.6) is 0 Å². The number of hydrazone groups is 1. The first kappa shape index (κ1) is 18.6. The topological polar surface area (TPSA) is 88.1 Å². The SMILES string of the molecule is CCOC(=O)[C@@H](C)NC(=O)C1=NN(c2cc(C)ccc2C)C(=O)CC1. The summed E-state index contributed by atoms with van der Waals surface area (Å²) >= 11 is 0. The number of aryl methyl sites for hydroxylation is 2. The summed E-state index contributed by atoms with van der Waals surface area (Å²) in [5.41, 5.74) is 2.77. The number of benzene rings is 1. The largest absolute Gasteiger partial charge is 0.464 e. The van der Waals surface area contributed by atoms with Crippen LogP contribution in [0.2, 0.25) is 0 Å². The Morgan fingerprint density at radius 1 is 1.32 bits per heavy atom. The Balaban J connectivity index is 2.21. The lowest BCUT2D eigenvalue weighted by Crippen LogP contribution is -2.45. The number of nitrogens with zero attached hydrogens (tertiary/aromatic N) is 2. The van der Waals surface area contributed by atoms with Crippen molar-refractivity contribution in [3.05, 3.63) is 29.3 Å². The van der Waals surface area contributed by atoms with Gasteiger partial charge in [0.05, 0.1) is 12.3 Å². The fraction of sp³-hybridized carbons (Fsp3) is 0.444. The lowest BCUT2D eigenvalue weighted by atomic mass is 10.1. The predicted molar refractivity (Wildman–Crippen MR) is 94.3 cm³/mol. The molecule has 1 atom stereocenters. The van der Waals surface area contributed by atoms with Gasteiger partial charge in [0.2, 0.25) is 5.91 Å². The fourth-order valence-electron chi connectivity index (χ4n) is 2.46. The van der Waals surface area contributed by atoms with Gasteiger partial charge >= 0.3 is 5.97 Å². The molecule has 134 valence electrons. The lowest BCUT2D eigenvalue weighted by molar-refractivity contribution is -0.146. The first-order chi connectivity index (χ1) is 11.8. The number of esters is 1. The van der Waals surface area contributed by atoms with Crippen molar-refractivity contribution < 1.29 is 19.1 Å². The molecule has 0 unspecified atom stereocenters. The van der Waals surface area contributed by atoms with Crippen molar-refractivity contribution in [2.45, 2.75) is 46.6 Å². The van der Waals surface area contributed by atoms with Crippen LogP contribution in [-0.4, -0.2) is 36.1 Å². The summed E-state index contributed by atoms with van der Waals surface area (Å²) in [4.78, 5) is 36.3. The highest BCUT2D eigenvalue weighted by molar-refractivity contribution is 6.40. The van der Waals surface area contributed by atoms with Crippen molar-refractivity contribution in [3.8, 4) is 0 Å². The van der Waals surface area contributed by atoms with E-state index in [1.807, 2.05) is 32.0 Å². The Bertz CT molecular complexity index is 727. The van der Waals surface area contributed by atoms with Gasteiger partial charge in [0, 0.05) is 12.8 Å². The van der Waals surface area contributed by atoms with Gasteiger partial charge in [-0.2, -0.15) is 5.10 Å². The van der Waals surface area contributed by atoms with Crippen molar-refractivity contribution in [3.63, 3.8) is 0 Å². The highest BCUT2D eigenvalue weighted by Gasteiger charge is 2.28. The molecule has 0 spiro atoms. The van der Waals surface area contributed by atoms with Gasteiger partial charge < -0.3 is 10.1 Å². The summed E-state index contributed by atoms with van der Waals surface area (Å²) in [5.74, 6) is -1.14. The van der Waals surface area contributed by atoms with Crippen molar-refractivity contribution >= 4 is 29.2 Å². The van der Waals surface area contributed by atoms with Gasteiger partial charge in [-0.3, -0.25) is 9.59 Å². The van der Waals surface area contributed by atoms with E-state index in [1.54, 1.807) is 13.8 Å². The second-order valence-corrected chi connectivity index (χ2v) is 5.99. The van der Waals surface area contributed by atoms with E-state index in [2.05, 4.69) is 10.4 Å². The molecule has 25 heavy (non-hydrogen) atoms. The molecular weight excluding hydrogens is 322 g/mol. The molecule has 0 aliphatic carbocycles. The molecule has 2 rings (SSSR count). The smallest absolute Gasteiger partial charge is 0.328 e. The van der Waals surface area contributed by atoms with Crippen LogP contribution in [-0.2, 0) is 19.1 Å². The molecule has 1 aromatic rings. The number of nitrogens with one attached hydrogen (secondary N) is 1. The van der Waals surface area contributed by atoms with Crippen LogP contribution in [0, 0.1) is 13.8 Å². The van der Waals surface area contributed by atoms with Crippen LogP contribution in [0.25, 0.3) is 0 Å². The van der Waals surface area contributed by atoms with Crippen molar-refractivity contribution in [1.29, 1.82) is 0 Å². The lowest BCUT2D eigenvalue weighted by Gasteiger charge is -2.25. The molecule has 7 heteroatoms. The third kappa shape index (κ3) is 4.43. The number of carbonyl (C=O) groups is 3. The van der Waals surface area contributed by atoms with Crippen LogP contribution in [0.15, 0.2) is 23.3 Å². The van der Waals surface area contributed by atoms with E-state index in [9.17, 15) is 14.4 Å². The van der Waals surface area contributed by atoms with Crippen molar-refractivity contribution in [2.24, 2.45) is 5.10 Å². The average Bonchev–Trinajstić information content (AvgIpc) is 2.57. The molecule has 1 aliphatic heterocycles. The molecule has 1 aliphatic rings. The van der Waals surface area contributed by atoms with Gasteiger partial charge in [-0.15, -0.1) is 0 Å². The van der Waals surface area contributed by atoms with Gasteiger partial charge in [-0.25, -0.2) is 9.80 Å². The molecule has 0 aromatic heterocycles. The average molecular weight is 345 g/mol.